The maximum atomic E-state index is 9.91. The molecule has 0 atom stereocenters. The van der Waals surface area contributed by atoms with Gasteiger partial charge >= 0.3 is 0 Å². The number of hydrogen-bond acceptors (Lipinski definition) is 5. The van der Waals surface area contributed by atoms with Crippen molar-refractivity contribution in [3.63, 3.8) is 0 Å². The summed E-state index contributed by atoms with van der Waals surface area (Å²) in [5, 5.41) is 14.1. The Balaban J connectivity index is 1.61. The normalized spacial score (nSPS) is 10.6. The van der Waals surface area contributed by atoms with Crippen LogP contribution in [0.15, 0.2) is 83.4 Å². The molecule has 5 nitrogen and oxygen atoms in total. The van der Waals surface area contributed by atoms with Crippen LogP contribution in [0.25, 0.3) is 22.6 Å². The molecule has 0 radical (unpaired) electrons. The molecule has 0 aliphatic heterocycles. The van der Waals surface area contributed by atoms with Crippen LogP contribution in [-0.4, -0.2) is 17.4 Å². The largest absolute Gasteiger partial charge is 0.497 e. The summed E-state index contributed by atoms with van der Waals surface area (Å²) in [4.78, 5) is 0. The maximum Gasteiger partial charge on any atom is 0.173 e. The lowest BCUT2D eigenvalue weighted by Crippen LogP contribution is -1.90. The Hall–Kier alpha value is -3.57. The number of rotatable bonds is 6. The number of aliphatic hydroxyl groups excluding tert-OH is 1. The van der Waals surface area contributed by atoms with Crippen molar-refractivity contribution in [2.75, 3.05) is 7.11 Å². The molecule has 3 aromatic carbocycles. The molecule has 1 aromatic heterocycles. The monoisotopic (exact) mass is 373 g/mol. The first-order valence-electron chi connectivity index (χ1n) is 8.85. The van der Waals surface area contributed by atoms with Gasteiger partial charge in [0.15, 0.2) is 5.76 Å². The van der Waals surface area contributed by atoms with Gasteiger partial charge in [-0.1, -0.05) is 23.4 Å². The minimum absolute atomic E-state index is 0.178. The quantitative estimate of drug-likeness (QED) is 0.497. The first kappa shape index (κ1) is 17.8. The molecule has 28 heavy (non-hydrogen) atoms. The van der Waals surface area contributed by atoms with Gasteiger partial charge in [-0.3, -0.25) is 0 Å². The molecule has 0 saturated heterocycles. The van der Waals surface area contributed by atoms with Crippen LogP contribution in [0.1, 0.15) is 5.56 Å². The molecule has 0 unspecified atom stereocenters. The molecule has 0 spiro atoms. The van der Waals surface area contributed by atoms with E-state index in [1.165, 1.54) is 0 Å². The molecule has 5 heteroatoms. The van der Waals surface area contributed by atoms with Crippen molar-refractivity contribution in [2.45, 2.75) is 6.61 Å². The number of hydrogen-bond donors (Lipinski definition) is 1. The third-order valence-corrected chi connectivity index (χ3v) is 4.41. The van der Waals surface area contributed by atoms with Gasteiger partial charge in [-0.25, -0.2) is 0 Å². The Morgan fingerprint density at radius 3 is 2.04 bits per heavy atom. The zero-order valence-corrected chi connectivity index (χ0v) is 15.3. The van der Waals surface area contributed by atoms with E-state index >= 15 is 0 Å². The summed E-state index contributed by atoms with van der Waals surface area (Å²) < 4.78 is 16.5. The van der Waals surface area contributed by atoms with Crippen LogP contribution in [0, 0.1) is 0 Å². The number of aliphatic hydroxyl groups is 1. The average Bonchev–Trinajstić information content (AvgIpc) is 3.19. The maximum absolute atomic E-state index is 9.91. The summed E-state index contributed by atoms with van der Waals surface area (Å²) in [6, 6.07) is 24.5. The highest BCUT2D eigenvalue weighted by molar-refractivity contribution is 5.73. The summed E-state index contributed by atoms with van der Waals surface area (Å²) in [6.45, 7) is -0.178. The Bertz CT molecular complexity index is 1040. The van der Waals surface area contributed by atoms with Crippen LogP contribution in [0.4, 0.5) is 0 Å². The first-order chi connectivity index (χ1) is 13.8. The second-order valence-corrected chi connectivity index (χ2v) is 6.16. The average molecular weight is 373 g/mol. The minimum atomic E-state index is -0.178. The number of aromatic nitrogens is 1. The molecule has 0 aliphatic rings. The van der Waals surface area contributed by atoms with Crippen molar-refractivity contribution in [2.24, 2.45) is 0 Å². The van der Waals surface area contributed by atoms with Crippen molar-refractivity contribution >= 4 is 0 Å². The van der Waals surface area contributed by atoms with Crippen LogP contribution < -0.4 is 9.47 Å². The number of para-hydroxylation sites is 1. The molecule has 4 rings (SSSR count). The van der Waals surface area contributed by atoms with Gasteiger partial charge in [-0.05, 0) is 60.7 Å². The van der Waals surface area contributed by atoms with Gasteiger partial charge in [0.1, 0.15) is 22.9 Å². The smallest absolute Gasteiger partial charge is 0.173 e. The summed E-state index contributed by atoms with van der Waals surface area (Å²) in [6.07, 6.45) is 0. The Morgan fingerprint density at radius 2 is 1.39 bits per heavy atom. The number of nitrogens with zero attached hydrogens (tertiary/aromatic N) is 1. The van der Waals surface area contributed by atoms with E-state index in [-0.39, 0.29) is 6.61 Å². The predicted octanol–water partition coefficient (Wildman–Crippen LogP) is 5.30. The highest BCUT2D eigenvalue weighted by atomic mass is 16.5. The standard InChI is InChI=1S/C23H19NO4/c1-26-18-11-9-17(10-12-18)23-21(15-25)22(24-28-23)16-7-13-20(14-8-16)27-19-5-3-2-4-6-19/h2-14,25H,15H2,1H3. The molecule has 0 bridgehead atoms. The minimum Gasteiger partial charge on any atom is -0.497 e. The zero-order valence-electron chi connectivity index (χ0n) is 15.3. The fourth-order valence-corrected chi connectivity index (χ4v) is 2.96. The van der Waals surface area contributed by atoms with Gasteiger partial charge in [0.25, 0.3) is 0 Å². The van der Waals surface area contributed by atoms with Gasteiger partial charge in [0, 0.05) is 11.1 Å². The molecule has 4 aromatic rings. The van der Waals surface area contributed by atoms with E-state index in [1.54, 1.807) is 7.11 Å². The third-order valence-electron chi connectivity index (χ3n) is 4.41. The number of benzene rings is 3. The van der Waals surface area contributed by atoms with Gasteiger partial charge in [-0.15, -0.1) is 0 Å². The van der Waals surface area contributed by atoms with E-state index in [1.807, 2.05) is 78.9 Å². The predicted molar refractivity (Wildman–Crippen MR) is 106 cm³/mol. The topological polar surface area (TPSA) is 64.7 Å². The Labute approximate surface area is 162 Å². The van der Waals surface area contributed by atoms with Crippen molar-refractivity contribution < 1.29 is 19.1 Å². The highest BCUT2D eigenvalue weighted by Crippen LogP contribution is 2.34. The fraction of sp³-hybridized carbons (Fsp3) is 0.0870. The molecule has 1 heterocycles. The second kappa shape index (κ2) is 7.98. The van der Waals surface area contributed by atoms with E-state index in [0.717, 1.165) is 28.4 Å². The van der Waals surface area contributed by atoms with E-state index in [2.05, 4.69) is 5.16 Å². The van der Waals surface area contributed by atoms with E-state index in [4.69, 9.17) is 14.0 Å². The van der Waals surface area contributed by atoms with Gasteiger partial charge in [0.2, 0.25) is 0 Å². The van der Waals surface area contributed by atoms with Gasteiger partial charge < -0.3 is 19.1 Å². The van der Waals surface area contributed by atoms with E-state index < -0.39 is 0 Å². The Morgan fingerprint density at radius 1 is 0.786 bits per heavy atom. The van der Waals surface area contributed by atoms with Crippen LogP contribution in [0.2, 0.25) is 0 Å². The van der Waals surface area contributed by atoms with Crippen LogP contribution in [0.5, 0.6) is 17.2 Å². The van der Waals surface area contributed by atoms with E-state index in [9.17, 15) is 5.11 Å². The third kappa shape index (κ3) is 3.61. The summed E-state index contributed by atoms with van der Waals surface area (Å²) in [5.41, 5.74) is 2.92. The fourth-order valence-electron chi connectivity index (χ4n) is 2.96. The first-order valence-corrected chi connectivity index (χ1v) is 8.85. The summed E-state index contributed by atoms with van der Waals surface area (Å²) >= 11 is 0. The molecule has 0 fully saturated rings. The molecule has 0 saturated carbocycles. The van der Waals surface area contributed by atoms with Crippen molar-refractivity contribution in [3.05, 3.63) is 84.4 Å². The second-order valence-electron chi connectivity index (χ2n) is 6.16. The van der Waals surface area contributed by atoms with Crippen molar-refractivity contribution in [3.8, 4) is 39.8 Å². The molecular weight excluding hydrogens is 354 g/mol. The highest BCUT2D eigenvalue weighted by Gasteiger charge is 2.18. The molecule has 0 amide bonds. The SMILES string of the molecule is COc1ccc(-c2onc(-c3ccc(Oc4ccccc4)cc3)c2CO)cc1. The lowest BCUT2D eigenvalue weighted by molar-refractivity contribution is 0.281. The number of methoxy groups -OCH3 is 1. The summed E-state index contributed by atoms with van der Waals surface area (Å²) in [5.74, 6) is 2.79. The lowest BCUT2D eigenvalue weighted by atomic mass is 10.0. The van der Waals surface area contributed by atoms with Crippen LogP contribution in [0.3, 0.4) is 0 Å². The number of ether oxygens (including phenoxy) is 2. The molecule has 1 N–H and O–H groups in total. The van der Waals surface area contributed by atoms with Crippen molar-refractivity contribution in [1.29, 1.82) is 0 Å². The molecule has 0 aliphatic carbocycles. The molecule has 140 valence electrons. The van der Waals surface area contributed by atoms with Crippen LogP contribution in [-0.2, 0) is 6.61 Å². The van der Waals surface area contributed by atoms with E-state index in [0.29, 0.717) is 17.0 Å². The lowest BCUT2D eigenvalue weighted by Gasteiger charge is -2.06. The Kier molecular flexibility index (Phi) is 5.08. The van der Waals surface area contributed by atoms with Crippen molar-refractivity contribution in [1.82, 2.24) is 5.16 Å². The zero-order chi connectivity index (χ0) is 19.3. The summed E-state index contributed by atoms with van der Waals surface area (Å²) in [7, 11) is 1.62. The van der Waals surface area contributed by atoms with Crippen LogP contribution >= 0.6 is 0 Å². The van der Waals surface area contributed by atoms with Gasteiger partial charge in [0.05, 0.1) is 19.3 Å². The van der Waals surface area contributed by atoms with Gasteiger partial charge in [-0.2, -0.15) is 0 Å². The molecular formula is C23H19NO4.